The molecule has 1 N–H and O–H groups in total. The summed E-state index contributed by atoms with van der Waals surface area (Å²) in [7, 11) is 1.25. The third-order valence-corrected chi connectivity index (χ3v) is 5.98. The number of fused-ring (bicyclic) bond motifs is 4. The molecule has 1 fully saturated rings. The van der Waals surface area contributed by atoms with Crippen molar-refractivity contribution < 1.29 is 32.2 Å². The molecule has 10 heteroatoms. The number of thiocarbonyl (C=S) groups is 1. The van der Waals surface area contributed by atoms with E-state index in [1.807, 2.05) is 6.92 Å². The number of hydrogen-bond acceptors (Lipinski definition) is 5. The molecule has 0 saturated carbocycles. The molecule has 4 rings (SSSR count). The van der Waals surface area contributed by atoms with E-state index in [1.165, 1.54) is 24.1 Å². The number of hydrogen-bond donors (Lipinski definition) is 1. The largest absolute Gasteiger partial charge is 0.490 e. The van der Waals surface area contributed by atoms with Crippen LogP contribution >= 0.6 is 12.2 Å². The third-order valence-electron chi connectivity index (χ3n) is 5.68. The van der Waals surface area contributed by atoms with Gasteiger partial charge < -0.3 is 19.5 Å². The number of ether oxygens (including phenoxy) is 3. The lowest BCUT2D eigenvalue weighted by Crippen LogP contribution is -2.71. The summed E-state index contributed by atoms with van der Waals surface area (Å²) < 4.78 is 57.3. The van der Waals surface area contributed by atoms with Gasteiger partial charge in [-0.2, -0.15) is 13.2 Å². The number of esters is 1. The second kappa shape index (κ2) is 7.84. The van der Waals surface area contributed by atoms with E-state index in [9.17, 15) is 18.0 Å². The summed E-state index contributed by atoms with van der Waals surface area (Å²) in [6.45, 7) is 3.82. The van der Waals surface area contributed by atoms with E-state index in [1.54, 1.807) is 25.1 Å². The summed E-state index contributed by atoms with van der Waals surface area (Å²) in [6, 6.07) is 9.38. The molecule has 170 valence electrons. The fourth-order valence-corrected chi connectivity index (χ4v) is 4.75. The van der Waals surface area contributed by atoms with Gasteiger partial charge in [0.05, 0.1) is 25.3 Å². The van der Waals surface area contributed by atoms with Gasteiger partial charge in [-0.05, 0) is 50.3 Å². The maximum absolute atomic E-state index is 13.4. The van der Waals surface area contributed by atoms with Crippen LogP contribution in [0, 0.1) is 5.92 Å². The van der Waals surface area contributed by atoms with Crippen LogP contribution in [-0.4, -0.2) is 30.5 Å². The topological polar surface area (TPSA) is 60.0 Å². The first-order valence-electron chi connectivity index (χ1n) is 9.92. The SMILES string of the molecule is CCOc1cccc2c1OC1(C)C(C(=O)OC)C2NC(=S)N1c1cccc(C(F)(F)F)c1. The van der Waals surface area contributed by atoms with Gasteiger partial charge in [-0.1, -0.05) is 18.2 Å². The van der Waals surface area contributed by atoms with Crippen molar-refractivity contribution >= 4 is 29.0 Å². The van der Waals surface area contributed by atoms with Crippen molar-refractivity contribution in [3.63, 3.8) is 0 Å². The molecule has 1 saturated heterocycles. The monoisotopic (exact) mass is 466 g/mol. The first kappa shape index (κ1) is 22.2. The lowest BCUT2D eigenvalue weighted by atomic mass is 9.79. The quantitative estimate of drug-likeness (QED) is 0.528. The number of nitrogens with zero attached hydrogens (tertiary/aromatic N) is 1. The van der Waals surface area contributed by atoms with Crippen LogP contribution in [0.5, 0.6) is 11.5 Å². The average molecular weight is 466 g/mol. The molecule has 0 aromatic heterocycles. The summed E-state index contributed by atoms with van der Waals surface area (Å²) in [5, 5.41) is 3.24. The zero-order chi connectivity index (χ0) is 23.3. The van der Waals surface area contributed by atoms with Crippen LogP contribution < -0.4 is 19.7 Å². The molecular formula is C22H21F3N2O4S. The molecule has 2 aromatic carbocycles. The summed E-state index contributed by atoms with van der Waals surface area (Å²) in [4.78, 5) is 14.3. The number of carbonyl (C=O) groups is 1. The van der Waals surface area contributed by atoms with Gasteiger partial charge >= 0.3 is 12.1 Å². The Labute approximate surface area is 188 Å². The van der Waals surface area contributed by atoms with Crippen molar-refractivity contribution in [2.24, 2.45) is 5.92 Å². The van der Waals surface area contributed by atoms with Gasteiger partial charge in [-0.3, -0.25) is 9.69 Å². The lowest BCUT2D eigenvalue weighted by molar-refractivity contribution is -0.157. The molecule has 32 heavy (non-hydrogen) atoms. The van der Waals surface area contributed by atoms with Gasteiger partial charge in [0.15, 0.2) is 16.6 Å². The lowest BCUT2D eigenvalue weighted by Gasteiger charge is -2.55. The van der Waals surface area contributed by atoms with Crippen molar-refractivity contribution in [1.29, 1.82) is 0 Å². The number of rotatable bonds is 4. The first-order chi connectivity index (χ1) is 15.1. The Morgan fingerprint density at radius 3 is 2.66 bits per heavy atom. The number of nitrogens with one attached hydrogen (secondary N) is 1. The Bertz CT molecular complexity index is 1080. The minimum absolute atomic E-state index is 0.129. The Balaban J connectivity index is 1.91. The number of benzene rings is 2. The number of carbonyl (C=O) groups excluding carboxylic acids is 1. The minimum Gasteiger partial charge on any atom is -0.490 e. The highest BCUT2D eigenvalue weighted by Crippen LogP contribution is 2.52. The molecule has 2 aliphatic heterocycles. The van der Waals surface area contributed by atoms with Crippen molar-refractivity contribution in [1.82, 2.24) is 5.32 Å². The highest BCUT2D eigenvalue weighted by molar-refractivity contribution is 7.80. The molecule has 2 bridgehead atoms. The Hall–Kier alpha value is -3.01. The van der Waals surface area contributed by atoms with E-state index in [-0.39, 0.29) is 10.8 Å². The zero-order valence-corrected chi connectivity index (χ0v) is 18.3. The molecule has 2 aromatic rings. The predicted molar refractivity (Wildman–Crippen MR) is 115 cm³/mol. The fraction of sp³-hybridized carbons (Fsp3) is 0.364. The van der Waals surface area contributed by atoms with Gasteiger partial charge in [0.25, 0.3) is 0 Å². The van der Waals surface area contributed by atoms with Crippen molar-refractivity contribution in [2.45, 2.75) is 31.8 Å². The van der Waals surface area contributed by atoms with Gasteiger partial charge in [0.1, 0.15) is 5.92 Å². The maximum Gasteiger partial charge on any atom is 0.416 e. The van der Waals surface area contributed by atoms with Gasteiger partial charge in [-0.25, -0.2) is 0 Å². The summed E-state index contributed by atoms with van der Waals surface area (Å²) in [5.41, 5.74) is -1.55. The Morgan fingerprint density at radius 2 is 2.00 bits per heavy atom. The van der Waals surface area contributed by atoms with Gasteiger partial charge in [0, 0.05) is 11.3 Å². The molecule has 2 aliphatic rings. The van der Waals surface area contributed by atoms with Crippen LogP contribution in [-0.2, 0) is 15.7 Å². The van der Waals surface area contributed by atoms with Crippen LogP contribution in [0.3, 0.4) is 0 Å². The molecule has 0 amide bonds. The second-order valence-corrected chi connectivity index (χ2v) is 7.96. The van der Waals surface area contributed by atoms with E-state index < -0.39 is 35.4 Å². The fourth-order valence-electron chi connectivity index (χ4n) is 4.34. The minimum atomic E-state index is -4.55. The molecular weight excluding hydrogens is 445 g/mol. The van der Waals surface area contributed by atoms with Crippen LogP contribution in [0.15, 0.2) is 42.5 Å². The molecule has 0 aliphatic carbocycles. The number of anilines is 1. The smallest absolute Gasteiger partial charge is 0.416 e. The Morgan fingerprint density at radius 1 is 1.28 bits per heavy atom. The predicted octanol–water partition coefficient (Wildman–Crippen LogP) is 4.44. The van der Waals surface area contributed by atoms with Crippen LogP contribution in [0.1, 0.15) is 31.0 Å². The summed E-state index contributed by atoms with van der Waals surface area (Å²) in [6.07, 6.45) is -4.55. The van der Waals surface area contributed by atoms with Gasteiger partial charge in [-0.15, -0.1) is 0 Å². The Kier molecular flexibility index (Phi) is 5.44. The summed E-state index contributed by atoms with van der Waals surface area (Å²) >= 11 is 5.53. The van der Waals surface area contributed by atoms with Crippen LogP contribution in [0.4, 0.5) is 18.9 Å². The van der Waals surface area contributed by atoms with Crippen LogP contribution in [0.2, 0.25) is 0 Å². The van der Waals surface area contributed by atoms with Gasteiger partial charge in [0.2, 0.25) is 5.72 Å². The first-order valence-corrected chi connectivity index (χ1v) is 10.3. The van der Waals surface area contributed by atoms with E-state index in [0.717, 1.165) is 12.1 Å². The summed E-state index contributed by atoms with van der Waals surface area (Å²) in [5.74, 6) is -0.660. The number of alkyl halides is 3. The van der Waals surface area contributed by atoms with Crippen molar-refractivity contribution in [3.8, 4) is 11.5 Å². The van der Waals surface area contributed by atoms with E-state index in [0.29, 0.717) is 23.7 Å². The standard InChI is InChI=1S/C22H21F3N2O4S/c1-4-30-15-10-6-9-14-17-16(19(28)29-3)21(2,31-18(14)15)27(20(32)26-17)13-8-5-7-12(11-13)22(23,24)25/h5-11,16-17H,4H2,1-3H3,(H,26,32). The van der Waals surface area contributed by atoms with Crippen molar-refractivity contribution in [2.75, 3.05) is 18.6 Å². The second-order valence-electron chi connectivity index (χ2n) is 7.58. The molecule has 2 heterocycles. The highest BCUT2D eigenvalue weighted by atomic mass is 32.1. The number of para-hydroxylation sites is 1. The molecule has 3 unspecified atom stereocenters. The average Bonchev–Trinajstić information content (AvgIpc) is 2.73. The zero-order valence-electron chi connectivity index (χ0n) is 17.5. The molecule has 0 radical (unpaired) electrons. The molecule has 3 atom stereocenters. The highest BCUT2D eigenvalue weighted by Gasteiger charge is 2.60. The maximum atomic E-state index is 13.4. The van der Waals surface area contributed by atoms with Crippen molar-refractivity contribution in [3.05, 3.63) is 53.6 Å². The normalized spacial score (nSPS) is 24.2. The number of methoxy groups -OCH3 is 1. The number of halogens is 3. The van der Waals surface area contributed by atoms with E-state index >= 15 is 0 Å². The molecule has 6 nitrogen and oxygen atoms in total. The third kappa shape index (κ3) is 3.42. The van der Waals surface area contributed by atoms with E-state index in [2.05, 4.69) is 5.32 Å². The molecule has 0 spiro atoms. The van der Waals surface area contributed by atoms with Crippen LogP contribution in [0.25, 0.3) is 0 Å². The van der Waals surface area contributed by atoms with E-state index in [4.69, 9.17) is 26.4 Å².